The molecular weight excluding hydrogens is 270 g/mol. The van der Waals surface area contributed by atoms with Gasteiger partial charge in [-0.05, 0) is 44.4 Å². The predicted molar refractivity (Wildman–Crippen MR) is 86.4 cm³/mol. The fraction of sp³-hybridized carbons (Fsp3) is 0.312. The Hall–Kier alpha value is -1.68. The fourth-order valence-electron chi connectivity index (χ4n) is 1.81. The standard InChI is InChI=1S/C16H21NO2S/c1-11(2)9-15(12(3)4)14-7-5-13(6-8-14)10-17-16(18)19-20/h5-9,20H,10H2,1-4H3,(H,17,18). The van der Waals surface area contributed by atoms with Gasteiger partial charge in [0.15, 0.2) is 0 Å². The molecule has 0 aliphatic rings. The molecule has 0 atom stereocenters. The van der Waals surface area contributed by atoms with Crippen LogP contribution in [0.15, 0.2) is 41.5 Å². The maximum atomic E-state index is 10.9. The molecule has 0 saturated carbocycles. The van der Waals surface area contributed by atoms with E-state index in [2.05, 4.69) is 68.3 Å². The van der Waals surface area contributed by atoms with Gasteiger partial charge in [-0.15, -0.1) is 0 Å². The van der Waals surface area contributed by atoms with E-state index in [1.807, 2.05) is 12.1 Å². The molecule has 0 spiro atoms. The number of benzene rings is 1. The molecule has 1 aromatic rings. The Morgan fingerprint density at radius 2 is 1.80 bits per heavy atom. The first-order valence-electron chi connectivity index (χ1n) is 6.45. The minimum absolute atomic E-state index is 0.423. The monoisotopic (exact) mass is 291 g/mol. The summed E-state index contributed by atoms with van der Waals surface area (Å²) >= 11 is 3.43. The van der Waals surface area contributed by atoms with Crippen molar-refractivity contribution in [2.75, 3.05) is 0 Å². The van der Waals surface area contributed by atoms with Crippen LogP contribution in [0.2, 0.25) is 0 Å². The highest BCUT2D eigenvalue weighted by molar-refractivity contribution is 7.75. The summed E-state index contributed by atoms with van der Waals surface area (Å²) in [6.07, 6.45) is 1.63. The van der Waals surface area contributed by atoms with Crippen LogP contribution in [-0.2, 0) is 10.7 Å². The number of nitrogens with one attached hydrogen (secondary N) is 1. The smallest absolute Gasteiger partial charge is 0.378 e. The average molecular weight is 291 g/mol. The summed E-state index contributed by atoms with van der Waals surface area (Å²) in [7, 11) is 0. The zero-order valence-corrected chi connectivity index (χ0v) is 13.3. The summed E-state index contributed by atoms with van der Waals surface area (Å²) < 4.78 is 4.24. The minimum atomic E-state index is -0.549. The number of allylic oxidation sites excluding steroid dienone is 4. The Labute approximate surface area is 126 Å². The van der Waals surface area contributed by atoms with Crippen molar-refractivity contribution in [2.24, 2.45) is 0 Å². The second kappa shape index (κ2) is 7.80. The Kier molecular flexibility index (Phi) is 6.39. The molecule has 0 unspecified atom stereocenters. The van der Waals surface area contributed by atoms with Crippen LogP contribution in [0.1, 0.15) is 38.8 Å². The number of carbonyl (C=O) groups is 1. The lowest BCUT2D eigenvalue weighted by Crippen LogP contribution is -2.20. The number of amides is 1. The summed E-state index contributed by atoms with van der Waals surface area (Å²) in [5, 5.41) is 2.59. The molecule has 108 valence electrons. The van der Waals surface area contributed by atoms with Gasteiger partial charge in [-0.3, -0.25) is 0 Å². The molecule has 20 heavy (non-hydrogen) atoms. The molecule has 0 saturated heterocycles. The molecule has 0 fully saturated rings. The van der Waals surface area contributed by atoms with E-state index >= 15 is 0 Å². The number of hydrogen-bond acceptors (Lipinski definition) is 3. The van der Waals surface area contributed by atoms with E-state index in [1.54, 1.807) is 0 Å². The van der Waals surface area contributed by atoms with E-state index < -0.39 is 6.09 Å². The highest BCUT2D eigenvalue weighted by atomic mass is 32.1. The number of thiol groups is 1. The van der Waals surface area contributed by atoms with Crippen molar-refractivity contribution in [1.82, 2.24) is 5.32 Å². The van der Waals surface area contributed by atoms with E-state index in [0.717, 1.165) is 5.56 Å². The van der Waals surface area contributed by atoms with Crippen molar-refractivity contribution in [3.8, 4) is 0 Å². The molecule has 3 nitrogen and oxygen atoms in total. The van der Waals surface area contributed by atoms with Crippen LogP contribution in [0, 0.1) is 0 Å². The lowest BCUT2D eigenvalue weighted by Gasteiger charge is -2.09. The Morgan fingerprint density at radius 1 is 1.20 bits per heavy atom. The van der Waals surface area contributed by atoms with Crippen LogP contribution < -0.4 is 5.32 Å². The molecule has 0 aliphatic carbocycles. The first kappa shape index (κ1) is 16.4. The van der Waals surface area contributed by atoms with Crippen LogP contribution in [0.5, 0.6) is 0 Å². The van der Waals surface area contributed by atoms with Gasteiger partial charge in [-0.1, -0.05) is 41.5 Å². The fourth-order valence-corrected chi connectivity index (χ4v) is 1.88. The molecule has 0 heterocycles. The van der Waals surface area contributed by atoms with Crippen molar-refractivity contribution in [2.45, 2.75) is 34.2 Å². The summed E-state index contributed by atoms with van der Waals surface area (Å²) in [6.45, 7) is 8.81. The van der Waals surface area contributed by atoms with E-state index in [-0.39, 0.29) is 0 Å². The summed E-state index contributed by atoms with van der Waals surface area (Å²) in [5.41, 5.74) is 5.96. The highest BCUT2D eigenvalue weighted by Crippen LogP contribution is 2.22. The van der Waals surface area contributed by atoms with Gasteiger partial charge < -0.3 is 9.50 Å². The van der Waals surface area contributed by atoms with E-state index in [4.69, 9.17) is 0 Å². The molecule has 1 N–H and O–H groups in total. The highest BCUT2D eigenvalue weighted by Gasteiger charge is 2.03. The first-order chi connectivity index (χ1) is 9.43. The van der Waals surface area contributed by atoms with Crippen molar-refractivity contribution in [1.29, 1.82) is 0 Å². The maximum Gasteiger partial charge on any atom is 0.419 e. The molecular formula is C16H21NO2S. The lowest BCUT2D eigenvalue weighted by atomic mass is 9.98. The van der Waals surface area contributed by atoms with Gasteiger partial charge in [0.25, 0.3) is 0 Å². The Morgan fingerprint density at radius 3 is 2.25 bits per heavy atom. The normalized spacial score (nSPS) is 9.65. The van der Waals surface area contributed by atoms with Crippen molar-refractivity contribution >= 4 is 24.6 Å². The third kappa shape index (κ3) is 5.13. The number of carbonyl (C=O) groups excluding carboxylic acids is 1. The Balaban J connectivity index is 2.87. The van der Waals surface area contributed by atoms with Crippen LogP contribution in [0.3, 0.4) is 0 Å². The van der Waals surface area contributed by atoms with Gasteiger partial charge in [0.2, 0.25) is 0 Å². The van der Waals surface area contributed by atoms with Crippen molar-refractivity contribution < 1.29 is 8.98 Å². The van der Waals surface area contributed by atoms with E-state index in [1.165, 1.54) is 22.3 Å². The minimum Gasteiger partial charge on any atom is -0.378 e. The van der Waals surface area contributed by atoms with Gasteiger partial charge in [0.05, 0.1) is 0 Å². The second-order valence-electron chi connectivity index (χ2n) is 5.06. The number of rotatable bonds is 4. The molecule has 0 bridgehead atoms. The van der Waals surface area contributed by atoms with E-state index in [9.17, 15) is 4.79 Å². The molecule has 1 rings (SSSR count). The van der Waals surface area contributed by atoms with E-state index in [0.29, 0.717) is 6.54 Å². The average Bonchev–Trinajstić information content (AvgIpc) is 2.42. The Bertz CT molecular complexity index is 522. The van der Waals surface area contributed by atoms with Crippen LogP contribution in [-0.4, -0.2) is 6.09 Å². The molecule has 0 radical (unpaired) electrons. The molecule has 0 aliphatic heterocycles. The van der Waals surface area contributed by atoms with Gasteiger partial charge in [0, 0.05) is 19.5 Å². The zero-order chi connectivity index (χ0) is 15.1. The summed E-state index contributed by atoms with van der Waals surface area (Å²) in [6, 6.07) is 8.11. The third-order valence-electron chi connectivity index (χ3n) is 2.76. The SMILES string of the molecule is CC(C)=CC(=C(C)C)c1ccc(CNC(=O)OS)cc1. The van der Waals surface area contributed by atoms with Crippen LogP contribution in [0.4, 0.5) is 4.79 Å². The molecule has 0 aromatic heterocycles. The van der Waals surface area contributed by atoms with Gasteiger partial charge in [-0.2, -0.15) is 0 Å². The van der Waals surface area contributed by atoms with Gasteiger partial charge in [0.1, 0.15) is 0 Å². The molecule has 1 aromatic carbocycles. The quantitative estimate of drug-likeness (QED) is 0.486. The molecule has 4 heteroatoms. The van der Waals surface area contributed by atoms with Crippen molar-refractivity contribution in [3.63, 3.8) is 0 Å². The number of hydrogen-bond donors (Lipinski definition) is 2. The second-order valence-corrected chi connectivity index (χ2v) is 5.25. The topological polar surface area (TPSA) is 38.3 Å². The third-order valence-corrected chi connectivity index (χ3v) is 2.92. The van der Waals surface area contributed by atoms with Gasteiger partial charge in [-0.25, -0.2) is 4.79 Å². The first-order valence-corrected chi connectivity index (χ1v) is 6.81. The largest absolute Gasteiger partial charge is 0.419 e. The zero-order valence-electron chi connectivity index (χ0n) is 12.4. The predicted octanol–water partition coefficient (Wildman–Crippen LogP) is 4.52. The maximum absolute atomic E-state index is 10.9. The lowest BCUT2D eigenvalue weighted by molar-refractivity contribution is 0.209. The molecule has 1 amide bonds. The van der Waals surface area contributed by atoms with Crippen LogP contribution >= 0.6 is 12.9 Å². The summed E-state index contributed by atoms with van der Waals surface area (Å²) in [4.78, 5) is 10.9. The summed E-state index contributed by atoms with van der Waals surface area (Å²) in [5.74, 6) is 0. The van der Waals surface area contributed by atoms with Crippen molar-refractivity contribution in [3.05, 3.63) is 52.6 Å². The van der Waals surface area contributed by atoms with Crippen LogP contribution in [0.25, 0.3) is 5.57 Å². The van der Waals surface area contributed by atoms with Gasteiger partial charge >= 0.3 is 6.09 Å².